The fourth-order valence-electron chi connectivity index (χ4n) is 1.48. The molecule has 1 aromatic rings. The fourth-order valence-corrected chi connectivity index (χ4v) is 3.19. The average molecular weight is 321 g/mol. The highest BCUT2D eigenvalue weighted by Crippen LogP contribution is 2.16. The first kappa shape index (κ1) is 16.8. The zero-order valence-corrected chi connectivity index (χ0v) is 13.2. The van der Waals surface area contributed by atoms with Gasteiger partial charge in [-0.15, -0.1) is 11.6 Å². The molecule has 0 spiro atoms. The summed E-state index contributed by atoms with van der Waals surface area (Å²) < 4.78 is 29.2. The summed E-state index contributed by atoms with van der Waals surface area (Å²) in [6, 6.07) is 0. The van der Waals surface area contributed by atoms with Gasteiger partial charge in [0.25, 0.3) is 0 Å². The number of esters is 1. The van der Waals surface area contributed by atoms with Crippen molar-refractivity contribution in [3.05, 3.63) is 17.5 Å². The first-order chi connectivity index (χ1) is 9.34. The van der Waals surface area contributed by atoms with E-state index < -0.39 is 21.1 Å². The number of carbonyl (C=O) groups is 1. The van der Waals surface area contributed by atoms with Gasteiger partial charge in [-0.1, -0.05) is 0 Å². The molecular weight excluding hydrogens is 304 g/mol. The third kappa shape index (κ3) is 3.67. The average Bonchev–Trinajstić information content (AvgIpc) is 2.38. The monoisotopic (exact) mass is 320 g/mol. The summed E-state index contributed by atoms with van der Waals surface area (Å²) in [4.78, 5) is 19.3. The number of nitrogens with zero attached hydrogens (tertiary/aromatic N) is 2. The molecule has 1 aromatic heterocycles. The number of sulfone groups is 1. The van der Waals surface area contributed by atoms with E-state index in [1.54, 1.807) is 20.8 Å². The standard InChI is InChI=1S/C12H17ClN2O4S/c1-4-19-11(16)10-7-14-12(15-9(10)3)20(17,18)8(2)5-6-13/h7-8H,4-6H2,1-3H3. The maximum absolute atomic E-state index is 12.2. The van der Waals surface area contributed by atoms with Crippen LogP contribution in [0.4, 0.5) is 0 Å². The summed E-state index contributed by atoms with van der Waals surface area (Å²) in [6.07, 6.45) is 1.49. The molecule has 0 aromatic carbocycles. The molecule has 1 rings (SSSR count). The van der Waals surface area contributed by atoms with Crippen molar-refractivity contribution in [3.8, 4) is 0 Å². The van der Waals surface area contributed by atoms with E-state index in [1.165, 1.54) is 6.20 Å². The van der Waals surface area contributed by atoms with E-state index in [2.05, 4.69) is 9.97 Å². The van der Waals surface area contributed by atoms with Crippen molar-refractivity contribution < 1.29 is 17.9 Å². The normalized spacial score (nSPS) is 13.0. The van der Waals surface area contributed by atoms with Crippen LogP contribution in [-0.2, 0) is 14.6 Å². The minimum Gasteiger partial charge on any atom is -0.462 e. The van der Waals surface area contributed by atoms with Crippen molar-refractivity contribution in [1.29, 1.82) is 0 Å². The Labute approximate surface area is 123 Å². The summed E-state index contributed by atoms with van der Waals surface area (Å²) in [6.45, 7) is 5.00. The molecule has 0 fully saturated rings. The number of rotatable bonds is 6. The molecule has 0 bridgehead atoms. The molecule has 0 aliphatic rings. The van der Waals surface area contributed by atoms with Crippen LogP contribution in [0, 0.1) is 6.92 Å². The quantitative estimate of drug-likeness (QED) is 0.451. The molecule has 0 N–H and O–H groups in total. The molecule has 1 unspecified atom stereocenters. The molecule has 0 aliphatic carbocycles. The molecular formula is C12H17ClN2O4S. The number of aromatic nitrogens is 2. The van der Waals surface area contributed by atoms with Crippen molar-refractivity contribution in [3.63, 3.8) is 0 Å². The zero-order valence-electron chi connectivity index (χ0n) is 11.6. The predicted octanol–water partition coefficient (Wildman–Crippen LogP) is 1.75. The van der Waals surface area contributed by atoms with Crippen LogP contribution in [0.2, 0.25) is 0 Å². The van der Waals surface area contributed by atoms with E-state index in [0.29, 0.717) is 6.42 Å². The van der Waals surface area contributed by atoms with Crippen LogP contribution in [0.1, 0.15) is 36.3 Å². The number of halogens is 1. The maximum atomic E-state index is 12.2. The summed E-state index contributed by atoms with van der Waals surface area (Å²) in [5, 5.41) is -0.964. The Kier molecular flexibility index (Phi) is 5.88. The van der Waals surface area contributed by atoms with Crippen LogP contribution in [0.15, 0.2) is 11.4 Å². The van der Waals surface area contributed by atoms with Crippen LogP contribution >= 0.6 is 11.6 Å². The number of hydrogen-bond acceptors (Lipinski definition) is 6. The Morgan fingerprint density at radius 1 is 1.50 bits per heavy atom. The van der Waals surface area contributed by atoms with Gasteiger partial charge in [0.1, 0.15) is 0 Å². The molecule has 0 radical (unpaired) electrons. The second-order valence-corrected chi connectivity index (χ2v) is 6.84. The van der Waals surface area contributed by atoms with Gasteiger partial charge in [0.15, 0.2) is 0 Å². The van der Waals surface area contributed by atoms with E-state index in [0.717, 1.165) is 0 Å². The van der Waals surface area contributed by atoms with E-state index in [4.69, 9.17) is 16.3 Å². The Hall–Kier alpha value is -1.21. The number of hydrogen-bond donors (Lipinski definition) is 0. The first-order valence-electron chi connectivity index (χ1n) is 6.15. The van der Waals surface area contributed by atoms with Crippen molar-refractivity contribution in [2.75, 3.05) is 12.5 Å². The van der Waals surface area contributed by atoms with E-state index in [1.807, 2.05) is 0 Å². The number of ether oxygens (including phenoxy) is 1. The van der Waals surface area contributed by atoms with Gasteiger partial charge in [-0.3, -0.25) is 0 Å². The number of aryl methyl sites for hydroxylation is 1. The molecule has 0 aliphatic heterocycles. The van der Waals surface area contributed by atoms with Gasteiger partial charge in [0.05, 0.1) is 23.1 Å². The molecule has 20 heavy (non-hydrogen) atoms. The number of carbonyl (C=O) groups excluding carboxylic acids is 1. The van der Waals surface area contributed by atoms with Crippen LogP contribution in [-0.4, -0.2) is 42.1 Å². The second kappa shape index (κ2) is 6.99. The summed E-state index contributed by atoms with van der Waals surface area (Å²) in [5.41, 5.74) is 0.436. The zero-order chi connectivity index (χ0) is 15.3. The number of alkyl halides is 1. The van der Waals surface area contributed by atoms with Crippen LogP contribution in [0.25, 0.3) is 0 Å². The minimum absolute atomic E-state index is 0.163. The largest absolute Gasteiger partial charge is 0.462 e. The molecule has 0 saturated heterocycles. The Balaban J connectivity index is 3.12. The first-order valence-corrected chi connectivity index (χ1v) is 8.23. The summed E-state index contributed by atoms with van der Waals surface area (Å²) in [5.74, 6) is -0.330. The third-order valence-electron chi connectivity index (χ3n) is 2.75. The summed E-state index contributed by atoms with van der Waals surface area (Å²) in [7, 11) is -3.64. The lowest BCUT2D eigenvalue weighted by Gasteiger charge is -2.11. The Morgan fingerprint density at radius 3 is 2.65 bits per heavy atom. The lowest BCUT2D eigenvalue weighted by atomic mass is 10.2. The molecule has 6 nitrogen and oxygen atoms in total. The smallest absolute Gasteiger partial charge is 0.341 e. The van der Waals surface area contributed by atoms with E-state index >= 15 is 0 Å². The van der Waals surface area contributed by atoms with Gasteiger partial charge in [-0.05, 0) is 27.2 Å². The van der Waals surface area contributed by atoms with Gasteiger partial charge in [0.2, 0.25) is 15.0 Å². The van der Waals surface area contributed by atoms with Gasteiger partial charge in [0, 0.05) is 12.1 Å². The van der Waals surface area contributed by atoms with Gasteiger partial charge in [-0.25, -0.2) is 23.2 Å². The van der Waals surface area contributed by atoms with Gasteiger partial charge >= 0.3 is 5.97 Å². The lowest BCUT2D eigenvalue weighted by molar-refractivity contribution is 0.0524. The van der Waals surface area contributed by atoms with Gasteiger partial charge in [-0.2, -0.15) is 0 Å². The fraction of sp³-hybridized carbons (Fsp3) is 0.583. The van der Waals surface area contributed by atoms with Crippen molar-refractivity contribution >= 4 is 27.4 Å². The summed E-state index contributed by atoms with van der Waals surface area (Å²) >= 11 is 5.56. The Bertz CT molecular complexity index is 589. The third-order valence-corrected chi connectivity index (χ3v) is 4.97. The molecule has 0 saturated carbocycles. The second-order valence-electron chi connectivity index (χ2n) is 4.21. The molecule has 8 heteroatoms. The van der Waals surface area contributed by atoms with Crippen molar-refractivity contribution in [1.82, 2.24) is 9.97 Å². The highest BCUT2D eigenvalue weighted by molar-refractivity contribution is 7.91. The van der Waals surface area contributed by atoms with E-state index in [9.17, 15) is 13.2 Å². The molecule has 1 heterocycles. The molecule has 112 valence electrons. The van der Waals surface area contributed by atoms with Crippen molar-refractivity contribution in [2.45, 2.75) is 37.6 Å². The maximum Gasteiger partial charge on any atom is 0.341 e. The van der Waals surface area contributed by atoms with Crippen molar-refractivity contribution in [2.24, 2.45) is 0 Å². The van der Waals surface area contributed by atoms with E-state index in [-0.39, 0.29) is 28.9 Å². The SMILES string of the molecule is CCOC(=O)c1cnc(S(=O)(=O)C(C)CCCl)nc1C. The van der Waals surface area contributed by atoms with Crippen LogP contribution in [0.3, 0.4) is 0 Å². The minimum atomic E-state index is -3.64. The van der Waals surface area contributed by atoms with Crippen LogP contribution < -0.4 is 0 Å². The Morgan fingerprint density at radius 2 is 2.15 bits per heavy atom. The van der Waals surface area contributed by atoms with Crippen LogP contribution in [0.5, 0.6) is 0 Å². The van der Waals surface area contributed by atoms with Gasteiger partial charge < -0.3 is 4.74 Å². The highest BCUT2D eigenvalue weighted by atomic mass is 35.5. The molecule has 0 amide bonds. The predicted molar refractivity (Wildman–Crippen MR) is 74.7 cm³/mol. The lowest BCUT2D eigenvalue weighted by Crippen LogP contribution is -2.22. The topological polar surface area (TPSA) is 86.2 Å². The molecule has 1 atom stereocenters. The highest BCUT2D eigenvalue weighted by Gasteiger charge is 2.27.